The number of aromatic nitrogens is 2. The van der Waals surface area contributed by atoms with Crippen LogP contribution in [0.3, 0.4) is 0 Å². The number of rotatable bonds is 3. The fraction of sp³-hybridized carbons (Fsp3) is 0.714. The van der Waals surface area contributed by atoms with Gasteiger partial charge in [-0.05, 0) is 18.3 Å². The smallest absolute Gasteiger partial charge is 0.134 e. The minimum absolute atomic E-state index is 0.742. The third-order valence-corrected chi connectivity index (χ3v) is 3.52. The van der Waals surface area contributed by atoms with E-state index in [4.69, 9.17) is 0 Å². The first-order valence-corrected chi connectivity index (χ1v) is 6.93. The van der Waals surface area contributed by atoms with E-state index >= 15 is 0 Å². The van der Waals surface area contributed by atoms with E-state index in [0.29, 0.717) is 0 Å². The Morgan fingerprint density at radius 1 is 1.28 bits per heavy atom. The van der Waals surface area contributed by atoms with Crippen LogP contribution in [-0.4, -0.2) is 30.1 Å². The monoisotopic (exact) mass is 248 g/mol. The van der Waals surface area contributed by atoms with E-state index < -0.39 is 0 Å². The van der Waals surface area contributed by atoms with Crippen molar-refractivity contribution in [1.82, 2.24) is 9.97 Å². The van der Waals surface area contributed by atoms with Crippen molar-refractivity contribution < 1.29 is 0 Å². The summed E-state index contributed by atoms with van der Waals surface area (Å²) in [6.07, 6.45) is 2.20. The van der Waals surface area contributed by atoms with Crippen molar-refractivity contribution >= 4 is 11.6 Å². The van der Waals surface area contributed by atoms with Gasteiger partial charge in [-0.3, -0.25) is 0 Å². The predicted octanol–water partition coefficient (Wildman–Crippen LogP) is 2.56. The molecule has 18 heavy (non-hydrogen) atoms. The molecule has 1 N–H and O–H groups in total. The molecule has 0 spiro atoms. The summed E-state index contributed by atoms with van der Waals surface area (Å²) in [5, 5.41) is 3.13. The van der Waals surface area contributed by atoms with Gasteiger partial charge in [-0.2, -0.15) is 0 Å². The Hall–Kier alpha value is -1.32. The summed E-state index contributed by atoms with van der Waals surface area (Å²) >= 11 is 0. The molecule has 0 aromatic carbocycles. The number of hydrogen-bond acceptors (Lipinski definition) is 4. The van der Waals surface area contributed by atoms with Crippen molar-refractivity contribution in [3.05, 3.63) is 11.9 Å². The standard InChI is InChI=1S/C14H24N4/c1-5-12-16-13(15-4)7-14(17-12)18-8-10(2)6-11(3)9-18/h7,10-11H,5-6,8-9H2,1-4H3,(H,15,16,17). The fourth-order valence-corrected chi connectivity index (χ4v) is 2.78. The Kier molecular flexibility index (Phi) is 4.04. The highest BCUT2D eigenvalue weighted by Crippen LogP contribution is 2.26. The summed E-state index contributed by atoms with van der Waals surface area (Å²) in [6.45, 7) is 8.95. The van der Waals surface area contributed by atoms with Gasteiger partial charge in [-0.25, -0.2) is 9.97 Å². The Morgan fingerprint density at radius 3 is 2.50 bits per heavy atom. The average molecular weight is 248 g/mol. The van der Waals surface area contributed by atoms with Crippen LogP contribution in [0.2, 0.25) is 0 Å². The lowest BCUT2D eigenvalue weighted by atomic mass is 9.92. The molecule has 2 unspecified atom stereocenters. The molecule has 100 valence electrons. The molecule has 1 aromatic heterocycles. The van der Waals surface area contributed by atoms with E-state index in [1.165, 1.54) is 6.42 Å². The Balaban J connectivity index is 2.25. The maximum absolute atomic E-state index is 4.67. The molecule has 2 atom stereocenters. The number of nitrogens with zero attached hydrogens (tertiary/aromatic N) is 3. The molecule has 0 amide bonds. The maximum Gasteiger partial charge on any atom is 0.134 e. The van der Waals surface area contributed by atoms with E-state index in [9.17, 15) is 0 Å². The summed E-state index contributed by atoms with van der Waals surface area (Å²) in [7, 11) is 1.91. The zero-order valence-corrected chi connectivity index (χ0v) is 11.9. The average Bonchev–Trinajstić information content (AvgIpc) is 2.37. The topological polar surface area (TPSA) is 41.1 Å². The molecule has 1 saturated heterocycles. The summed E-state index contributed by atoms with van der Waals surface area (Å²) in [5.74, 6) is 4.40. The first-order valence-electron chi connectivity index (χ1n) is 6.93. The molecular weight excluding hydrogens is 224 g/mol. The van der Waals surface area contributed by atoms with Crippen molar-refractivity contribution in [2.45, 2.75) is 33.6 Å². The van der Waals surface area contributed by atoms with E-state index in [1.54, 1.807) is 0 Å². The summed E-state index contributed by atoms with van der Waals surface area (Å²) in [5.41, 5.74) is 0. The van der Waals surface area contributed by atoms with Gasteiger partial charge < -0.3 is 10.2 Å². The van der Waals surface area contributed by atoms with E-state index in [1.807, 2.05) is 7.05 Å². The molecule has 1 aliphatic heterocycles. The van der Waals surface area contributed by atoms with Gasteiger partial charge in [0.1, 0.15) is 17.5 Å². The van der Waals surface area contributed by atoms with Crippen molar-refractivity contribution in [2.75, 3.05) is 30.4 Å². The van der Waals surface area contributed by atoms with Gasteiger partial charge in [0, 0.05) is 32.6 Å². The molecule has 2 rings (SSSR count). The second kappa shape index (κ2) is 5.55. The first-order chi connectivity index (χ1) is 8.62. The highest BCUT2D eigenvalue weighted by molar-refractivity contribution is 5.49. The molecule has 1 aromatic rings. The lowest BCUT2D eigenvalue weighted by molar-refractivity contribution is 0.355. The third-order valence-electron chi connectivity index (χ3n) is 3.52. The quantitative estimate of drug-likeness (QED) is 0.892. The minimum Gasteiger partial charge on any atom is -0.373 e. The van der Waals surface area contributed by atoms with Crippen LogP contribution in [0.15, 0.2) is 6.07 Å². The summed E-state index contributed by atoms with van der Waals surface area (Å²) in [4.78, 5) is 11.5. The van der Waals surface area contributed by atoms with Crippen LogP contribution in [0.25, 0.3) is 0 Å². The van der Waals surface area contributed by atoms with Crippen LogP contribution in [0.5, 0.6) is 0 Å². The van der Waals surface area contributed by atoms with Gasteiger partial charge in [0.2, 0.25) is 0 Å². The first kappa shape index (κ1) is 13.1. The lowest BCUT2D eigenvalue weighted by Gasteiger charge is -2.36. The van der Waals surface area contributed by atoms with Crippen molar-refractivity contribution in [3.63, 3.8) is 0 Å². The van der Waals surface area contributed by atoms with Gasteiger partial charge in [0.15, 0.2) is 0 Å². The zero-order valence-electron chi connectivity index (χ0n) is 11.9. The van der Waals surface area contributed by atoms with Crippen LogP contribution < -0.4 is 10.2 Å². The van der Waals surface area contributed by atoms with Gasteiger partial charge >= 0.3 is 0 Å². The van der Waals surface area contributed by atoms with Gasteiger partial charge in [-0.15, -0.1) is 0 Å². The molecular formula is C14H24N4. The highest BCUT2D eigenvalue weighted by atomic mass is 15.2. The second-order valence-electron chi connectivity index (χ2n) is 5.48. The third kappa shape index (κ3) is 2.92. The maximum atomic E-state index is 4.67. The normalized spacial score (nSPS) is 24.1. The van der Waals surface area contributed by atoms with Crippen LogP contribution in [-0.2, 0) is 6.42 Å². The summed E-state index contributed by atoms with van der Waals surface area (Å²) < 4.78 is 0. The Morgan fingerprint density at radius 2 is 1.94 bits per heavy atom. The molecule has 1 fully saturated rings. The minimum atomic E-state index is 0.742. The molecule has 0 bridgehead atoms. The molecule has 0 radical (unpaired) electrons. The van der Waals surface area contributed by atoms with Gasteiger partial charge in [-0.1, -0.05) is 20.8 Å². The lowest BCUT2D eigenvalue weighted by Crippen LogP contribution is -2.39. The SMILES string of the molecule is CCc1nc(NC)cc(N2CC(C)CC(C)C2)n1. The number of piperidine rings is 1. The Bertz CT molecular complexity index is 373. The van der Waals surface area contributed by atoms with Crippen LogP contribution in [0.4, 0.5) is 11.6 Å². The van der Waals surface area contributed by atoms with Gasteiger partial charge in [0.25, 0.3) is 0 Å². The van der Waals surface area contributed by atoms with Gasteiger partial charge in [0.05, 0.1) is 0 Å². The highest BCUT2D eigenvalue weighted by Gasteiger charge is 2.23. The Labute approximate surface area is 110 Å². The molecule has 4 heteroatoms. The van der Waals surface area contributed by atoms with E-state index in [0.717, 1.165) is 48.8 Å². The summed E-state index contributed by atoms with van der Waals surface area (Å²) in [6, 6.07) is 2.06. The van der Waals surface area contributed by atoms with E-state index in [2.05, 4.69) is 47.0 Å². The zero-order chi connectivity index (χ0) is 13.1. The molecule has 4 nitrogen and oxygen atoms in total. The second-order valence-corrected chi connectivity index (χ2v) is 5.48. The largest absolute Gasteiger partial charge is 0.373 e. The van der Waals surface area contributed by atoms with Crippen LogP contribution in [0, 0.1) is 11.8 Å². The van der Waals surface area contributed by atoms with Crippen molar-refractivity contribution in [2.24, 2.45) is 11.8 Å². The predicted molar refractivity (Wildman–Crippen MR) is 76.1 cm³/mol. The number of aryl methyl sites for hydroxylation is 1. The fourth-order valence-electron chi connectivity index (χ4n) is 2.78. The number of nitrogens with one attached hydrogen (secondary N) is 1. The van der Waals surface area contributed by atoms with Crippen molar-refractivity contribution in [3.8, 4) is 0 Å². The van der Waals surface area contributed by atoms with Crippen LogP contribution in [0.1, 0.15) is 33.0 Å². The molecule has 1 aliphatic rings. The van der Waals surface area contributed by atoms with Crippen molar-refractivity contribution in [1.29, 1.82) is 0 Å². The molecule has 2 heterocycles. The van der Waals surface area contributed by atoms with E-state index in [-0.39, 0.29) is 0 Å². The molecule has 0 saturated carbocycles. The van der Waals surface area contributed by atoms with Crippen LogP contribution >= 0.6 is 0 Å². The number of hydrogen-bond donors (Lipinski definition) is 1. The number of anilines is 2. The molecule has 0 aliphatic carbocycles.